The maximum atomic E-state index is 12.1. The number of nitro benzene ring substituents is 1. The van der Waals surface area contributed by atoms with Crippen LogP contribution in [0.2, 0.25) is 0 Å². The minimum absolute atomic E-state index is 0.0786. The number of carbonyl (C=O) groups is 1. The van der Waals surface area contributed by atoms with E-state index in [-0.39, 0.29) is 11.6 Å². The minimum atomic E-state index is -0.984. The summed E-state index contributed by atoms with van der Waals surface area (Å²) in [6.45, 7) is 1.37. The van der Waals surface area contributed by atoms with E-state index in [4.69, 9.17) is 0 Å². The van der Waals surface area contributed by atoms with Gasteiger partial charge in [-0.15, -0.1) is 0 Å². The van der Waals surface area contributed by atoms with Gasteiger partial charge >= 0.3 is 0 Å². The Morgan fingerprint density at radius 2 is 1.92 bits per heavy atom. The predicted octanol–water partition coefficient (Wildman–Crippen LogP) is 3.04. The number of hydrogen-bond donors (Lipinski definition) is 0. The number of rotatable bonds is 2. The van der Waals surface area contributed by atoms with E-state index in [1.165, 1.54) is 53.9 Å². The summed E-state index contributed by atoms with van der Waals surface area (Å²) in [7, 11) is 0. The number of nitrogens with zero attached hydrogens (tertiary/aromatic N) is 3. The van der Waals surface area contributed by atoms with Crippen LogP contribution in [-0.2, 0) is 4.79 Å². The molecule has 1 aliphatic heterocycles. The Bertz CT molecular complexity index is 859. The molecular formula is C15H11N3O5S. The summed E-state index contributed by atoms with van der Waals surface area (Å²) in [6.07, 6.45) is 5.95. The lowest BCUT2D eigenvalue weighted by atomic mass is 10.2. The molecule has 0 saturated heterocycles. The molecular weight excluding hydrogens is 334 g/mol. The zero-order valence-electron chi connectivity index (χ0n) is 12.4. The van der Waals surface area contributed by atoms with Gasteiger partial charge in [-0.25, -0.2) is 0 Å². The van der Waals surface area contributed by atoms with E-state index in [1.54, 1.807) is 12.2 Å². The van der Waals surface area contributed by atoms with Crippen LogP contribution in [0.25, 0.3) is 0 Å². The van der Waals surface area contributed by atoms with Crippen LogP contribution < -0.4 is 4.90 Å². The van der Waals surface area contributed by atoms with E-state index in [1.807, 2.05) is 0 Å². The van der Waals surface area contributed by atoms with Gasteiger partial charge in [0, 0.05) is 33.8 Å². The van der Waals surface area contributed by atoms with Crippen LogP contribution in [0, 0.1) is 20.2 Å². The van der Waals surface area contributed by atoms with Crippen molar-refractivity contribution >= 4 is 29.0 Å². The molecule has 0 bridgehead atoms. The van der Waals surface area contributed by atoms with Crippen molar-refractivity contribution in [3.05, 3.63) is 73.3 Å². The third-order valence-electron chi connectivity index (χ3n) is 3.56. The van der Waals surface area contributed by atoms with Crippen molar-refractivity contribution in [1.82, 2.24) is 0 Å². The molecule has 1 unspecified atom stereocenters. The monoisotopic (exact) mass is 345 g/mol. The summed E-state index contributed by atoms with van der Waals surface area (Å²) in [5.41, 5.74) is 0.967. The zero-order valence-corrected chi connectivity index (χ0v) is 13.2. The van der Waals surface area contributed by atoms with Crippen molar-refractivity contribution in [1.29, 1.82) is 0 Å². The number of hydrogen-bond acceptors (Lipinski definition) is 6. The summed E-state index contributed by atoms with van der Waals surface area (Å²) >= 11 is 1.24. The smallest absolute Gasteiger partial charge is 0.270 e. The second kappa shape index (κ2) is 5.93. The molecule has 1 aromatic rings. The van der Waals surface area contributed by atoms with Gasteiger partial charge in [0.05, 0.1) is 16.3 Å². The van der Waals surface area contributed by atoms with Crippen LogP contribution >= 0.6 is 11.8 Å². The van der Waals surface area contributed by atoms with E-state index >= 15 is 0 Å². The maximum absolute atomic E-state index is 12.1. The SMILES string of the molecule is CC(=O)N1C2=C(C=CC([N+](=O)[O-])C=C2)Sc2cc([N+](=O)[O-])ccc21. The molecule has 1 aliphatic carbocycles. The first-order chi connectivity index (χ1) is 11.4. The van der Waals surface area contributed by atoms with Gasteiger partial charge in [-0.3, -0.25) is 29.9 Å². The van der Waals surface area contributed by atoms with Gasteiger partial charge in [0.15, 0.2) is 0 Å². The first-order valence-corrected chi connectivity index (χ1v) is 7.71. The number of carbonyl (C=O) groups excluding carboxylic acids is 1. The van der Waals surface area contributed by atoms with E-state index < -0.39 is 15.9 Å². The van der Waals surface area contributed by atoms with Crippen LogP contribution in [0.3, 0.4) is 0 Å². The van der Waals surface area contributed by atoms with Crippen molar-refractivity contribution in [3.8, 4) is 0 Å². The summed E-state index contributed by atoms with van der Waals surface area (Å²) in [6, 6.07) is 3.26. The molecule has 24 heavy (non-hydrogen) atoms. The van der Waals surface area contributed by atoms with E-state index in [0.29, 0.717) is 21.2 Å². The van der Waals surface area contributed by atoms with Gasteiger partial charge < -0.3 is 0 Å². The van der Waals surface area contributed by atoms with Gasteiger partial charge in [-0.05, 0) is 30.4 Å². The van der Waals surface area contributed by atoms with Gasteiger partial charge in [0.25, 0.3) is 5.69 Å². The highest BCUT2D eigenvalue weighted by atomic mass is 32.2. The first kappa shape index (κ1) is 15.9. The van der Waals surface area contributed by atoms with Gasteiger partial charge in [0.2, 0.25) is 11.9 Å². The summed E-state index contributed by atoms with van der Waals surface area (Å²) in [5.74, 6) is -0.282. The molecule has 9 heteroatoms. The largest absolute Gasteiger partial charge is 0.279 e. The third-order valence-corrected chi connectivity index (χ3v) is 4.67. The van der Waals surface area contributed by atoms with Crippen molar-refractivity contribution < 1.29 is 14.6 Å². The Balaban J connectivity index is 2.12. The molecule has 1 atom stereocenters. The molecule has 0 saturated carbocycles. The average molecular weight is 345 g/mol. The zero-order chi connectivity index (χ0) is 17.4. The van der Waals surface area contributed by atoms with Crippen LogP contribution in [0.15, 0.2) is 58.0 Å². The minimum Gasteiger partial charge on any atom is -0.279 e. The molecule has 122 valence electrons. The maximum Gasteiger partial charge on any atom is 0.270 e. The fourth-order valence-corrected chi connectivity index (χ4v) is 3.58. The number of fused-ring (bicyclic) bond motifs is 1. The lowest BCUT2D eigenvalue weighted by molar-refractivity contribution is -0.496. The standard InChI is InChI=1S/C15H11N3O5S/c1-9(19)16-12-5-2-10(17(20)21)4-7-14(12)24-15-8-11(18(22)23)3-6-13(15)16/h2-8,10H,1H3. The van der Waals surface area contributed by atoms with Gasteiger partial charge in [-0.1, -0.05) is 11.8 Å². The Hall–Kier alpha value is -2.94. The van der Waals surface area contributed by atoms with Crippen molar-refractivity contribution in [2.75, 3.05) is 4.90 Å². The molecule has 0 radical (unpaired) electrons. The average Bonchev–Trinajstić information content (AvgIpc) is 2.73. The lowest BCUT2D eigenvalue weighted by Crippen LogP contribution is -2.29. The second-order valence-electron chi connectivity index (χ2n) is 5.11. The van der Waals surface area contributed by atoms with Crippen LogP contribution in [0.5, 0.6) is 0 Å². The Labute approximate surface area is 140 Å². The number of thioether (sulfide) groups is 1. The van der Waals surface area contributed by atoms with Crippen LogP contribution in [0.1, 0.15) is 6.92 Å². The van der Waals surface area contributed by atoms with Gasteiger partial charge in [0.1, 0.15) is 0 Å². The number of allylic oxidation sites excluding steroid dienone is 2. The highest BCUT2D eigenvalue weighted by Gasteiger charge is 2.30. The predicted molar refractivity (Wildman–Crippen MR) is 88.2 cm³/mol. The number of benzene rings is 1. The Morgan fingerprint density at radius 1 is 1.21 bits per heavy atom. The number of amides is 1. The van der Waals surface area contributed by atoms with Crippen molar-refractivity contribution in [2.24, 2.45) is 0 Å². The van der Waals surface area contributed by atoms with Crippen LogP contribution in [-0.4, -0.2) is 21.8 Å². The molecule has 1 heterocycles. The highest BCUT2D eigenvalue weighted by molar-refractivity contribution is 8.03. The normalized spacial score (nSPS) is 18.7. The van der Waals surface area contributed by atoms with Crippen molar-refractivity contribution in [3.63, 3.8) is 0 Å². The fraction of sp³-hybridized carbons (Fsp3) is 0.133. The fourth-order valence-electron chi connectivity index (χ4n) is 2.49. The first-order valence-electron chi connectivity index (χ1n) is 6.89. The molecule has 1 aromatic carbocycles. The molecule has 0 N–H and O–H groups in total. The number of anilines is 1. The quantitative estimate of drug-likeness (QED) is 0.602. The Morgan fingerprint density at radius 3 is 2.54 bits per heavy atom. The third kappa shape index (κ3) is 2.69. The van der Waals surface area contributed by atoms with E-state index in [2.05, 4.69) is 0 Å². The van der Waals surface area contributed by atoms with Crippen LogP contribution in [0.4, 0.5) is 11.4 Å². The Kier molecular flexibility index (Phi) is 3.94. The summed E-state index contributed by atoms with van der Waals surface area (Å²) < 4.78 is 0. The summed E-state index contributed by atoms with van der Waals surface area (Å²) in [5, 5.41) is 21.9. The highest BCUT2D eigenvalue weighted by Crippen LogP contribution is 2.46. The molecule has 0 spiro atoms. The molecule has 1 amide bonds. The van der Waals surface area contributed by atoms with Gasteiger partial charge in [-0.2, -0.15) is 0 Å². The summed E-state index contributed by atoms with van der Waals surface area (Å²) in [4.78, 5) is 35.7. The lowest BCUT2D eigenvalue weighted by Gasteiger charge is -2.30. The van der Waals surface area contributed by atoms with E-state index in [0.717, 1.165) is 0 Å². The topological polar surface area (TPSA) is 107 Å². The molecule has 3 rings (SSSR count). The molecule has 8 nitrogen and oxygen atoms in total. The molecule has 0 fully saturated rings. The second-order valence-corrected chi connectivity index (χ2v) is 6.19. The molecule has 2 aliphatic rings. The number of non-ortho nitro benzene ring substituents is 1. The number of nitro groups is 2. The van der Waals surface area contributed by atoms with Crippen molar-refractivity contribution in [2.45, 2.75) is 17.9 Å². The molecule has 0 aromatic heterocycles. The van der Waals surface area contributed by atoms with E-state index in [9.17, 15) is 25.0 Å².